The van der Waals surface area contributed by atoms with Gasteiger partial charge < -0.3 is 9.90 Å². The number of aldehydes is 1. The Kier molecular flexibility index (Phi) is 4.30. The highest BCUT2D eigenvalue weighted by molar-refractivity contribution is 5.92. The van der Waals surface area contributed by atoms with Crippen LogP contribution < -0.4 is 0 Å². The van der Waals surface area contributed by atoms with Crippen LogP contribution in [0.3, 0.4) is 0 Å². The summed E-state index contributed by atoms with van der Waals surface area (Å²) in [6.45, 7) is 2.06. The summed E-state index contributed by atoms with van der Waals surface area (Å²) in [5.41, 5.74) is 2.82. The predicted octanol–water partition coefficient (Wildman–Crippen LogP) is 5.33. The lowest BCUT2D eigenvalue weighted by molar-refractivity contribution is -0.136. The van der Waals surface area contributed by atoms with Crippen molar-refractivity contribution in [3.8, 4) is 11.3 Å². The highest BCUT2D eigenvalue weighted by Crippen LogP contribution is 2.55. The number of hydrogen-bond acceptors (Lipinski definition) is 3. The molecule has 1 heterocycles. The van der Waals surface area contributed by atoms with Crippen LogP contribution in [0.2, 0.25) is 0 Å². The van der Waals surface area contributed by atoms with E-state index in [2.05, 4.69) is 25.1 Å². The number of benzene rings is 3. The van der Waals surface area contributed by atoms with Crippen molar-refractivity contribution >= 4 is 17.1 Å². The topological polar surface area (TPSA) is 50.2 Å². The second-order valence-electron chi connectivity index (χ2n) is 8.47. The van der Waals surface area contributed by atoms with Crippen LogP contribution >= 0.6 is 0 Å². The maximum atomic E-state index is 12.4. The van der Waals surface area contributed by atoms with Crippen LogP contribution in [0.1, 0.15) is 29.7 Å². The van der Waals surface area contributed by atoms with Gasteiger partial charge in [-0.3, -0.25) is 4.98 Å². The molecule has 0 atom stereocenters. The highest BCUT2D eigenvalue weighted by atomic mass is 16.3. The fourth-order valence-corrected chi connectivity index (χ4v) is 4.76. The van der Waals surface area contributed by atoms with Crippen LogP contribution in [-0.4, -0.2) is 16.4 Å². The van der Waals surface area contributed by atoms with Crippen LogP contribution in [-0.2, 0) is 15.8 Å². The third kappa shape index (κ3) is 2.94. The molecule has 3 aromatic carbocycles. The van der Waals surface area contributed by atoms with E-state index < -0.39 is 11.0 Å². The van der Waals surface area contributed by atoms with Crippen molar-refractivity contribution in [1.82, 2.24) is 4.98 Å². The summed E-state index contributed by atoms with van der Waals surface area (Å²) < 4.78 is 0. The number of carbonyl (C=O) groups excluding carboxylic acids is 1. The van der Waals surface area contributed by atoms with Gasteiger partial charge in [0.05, 0.1) is 22.4 Å². The molecule has 3 nitrogen and oxygen atoms in total. The second kappa shape index (κ2) is 6.89. The summed E-state index contributed by atoms with van der Waals surface area (Å²) in [5, 5.41) is 13.3. The van der Waals surface area contributed by atoms with E-state index in [1.165, 1.54) is 0 Å². The number of aliphatic hydroxyl groups is 1. The molecule has 1 fully saturated rings. The van der Waals surface area contributed by atoms with Gasteiger partial charge >= 0.3 is 0 Å². The average molecular weight is 393 g/mol. The second-order valence-corrected chi connectivity index (χ2v) is 8.47. The number of fused-ring (bicyclic) bond motifs is 1. The molecule has 1 N–H and O–H groups in total. The maximum Gasteiger partial charge on any atom is 0.132 e. The minimum absolute atomic E-state index is 0.335. The zero-order valence-corrected chi connectivity index (χ0v) is 16.9. The van der Waals surface area contributed by atoms with Gasteiger partial charge in [-0.1, -0.05) is 84.4 Å². The van der Waals surface area contributed by atoms with E-state index in [0.29, 0.717) is 12.8 Å². The van der Waals surface area contributed by atoms with Gasteiger partial charge in [-0.15, -0.1) is 0 Å². The van der Waals surface area contributed by atoms with Crippen molar-refractivity contribution in [3.63, 3.8) is 0 Å². The maximum absolute atomic E-state index is 12.4. The highest BCUT2D eigenvalue weighted by Gasteiger charge is 2.57. The van der Waals surface area contributed by atoms with Crippen molar-refractivity contribution in [2.75, 3.05) is 0 Å². The van der Waals surface area contributed by atoms with E-state index in [1.54, 1.807) is 0 Å². The average Bonchev–Trinajstić information content (AvgIpc) is 2.77. The Morgan fingerprint density at radius 1 is 0.900 bits per heavy atom. The summed E-state index contributed by atoms with van der Waals surface area (Å²) in [6.07, 6.45) is 1.66. The van der Waals surface area contributed by atoms with Crippen LogP contribution in [0, 0.1) is 6.92 Å². The Bertz CT molecular complexity index is 1230. The predicted molar refractivity (Wildman–Crippen MR) is 119 cm³/mol. The van der Waals surface area contributed by atoms with Crippen molar-refractivity contribution in [1.29, 1.82) is 0 Å². The number of aromatic nitrogens is 1. The van der Waals surface area contributed by atoms with E-state index in [1.807, 2.05) is 66.7 Å². The van der Waals surface area contributed by atoms with Crippen LogP contribution in [0.25, 0.3) is 22.0 Å². The van der Waals surface area contributed by atoms with Crippen LogP contribution in [0.4, 0.5) is 0 Å². The van der Waals surface area contributed by atoms with E-state index in [-0.39, 0.29) is 0 Å². The Labute approximate surface area is 176 Å². The first-order valence-corrected chi connectivity index (χ1v) is 10.2. The summed E-state index contributed by atoms with van der Waals surface area (Å²) >= 11 is 0. The van der Waals surface area contributed by atoms with Gasteiger partial charge in [-0.2, -0.15) is 0 Å². The zero-order chi connectivity index (χ0) is 20.8. The fraction of sp³-hybridized carbons (Fsp3) is 0.185. The molecule has 30 heavy (non-hydrogen) atoms. The standard InChI is InChI=1S/C27H23NO2/c1-19-12-13-23-21(14-19)15-24(20-8-4-2-5-9-20)28-25(23)26(18-29)16-27(30,17-26)22-10-6-3-7-11-22/h2-15,18,30H,16-17H2,1H3. The fourth-order valence-electron chi connectivity index (χ4n) is 4.76. The van der Waals surface area contributed by atoms with Crippen molar-refractivity contribution < 1.29 is 9.90 Å². The first-order valence-electron chi connectivity index (χ1n) is 10.2. The number of carbonyl (C=O) groups is 1. The molecule has 1 aliphatic carbocycles. The molecule has 0 unspecified atom stereocenters. The summed E-state index contributed by atoms with van der Waals surface area (Å²) in [4.78, 5) is 17.4. The normalized spacial score (nSPS) is 23.1. The van der Waals surface area contributed by atoms with E-state index >= 15 is 0 Å². The summed E-state index contributed by atoms with van der Waals surface area (Å²) in [5.74, 6) is 0. The zero-order valence-electron chi connectivity index (χ0n) is 16.9. The van der Waals surface area contributed by atoms with Gasteiger partial charge in [0.2, 0.25) is 0 Å². The van der Waals surface area contributed by atoms with Crippen LogP contribution in [0.15, 0.2) is 84.9 Å². The van der Waals surface area contributed by atoms with Gasteiger partial charge in [0, 0.05) is 10.9 Å². The minimum Gasteiger partial charge on any atom is -0.385 e. The Hall–Kier alpha value is -3.30. The minimum atomic E-state index is -1.01. The molecule has 1 saturated carbocycles. The molecular formula is C27H23NO2. The smallest absolute Gasteiger partial charge is 0.132 e. The third-order valence-electron chi connectivity index (χ3n) is 6.28. The van der Waals surface area contributed by atoms with Gasteiger partial charge in [0.25, 0.3) is 0 Å². The van der Waals surface area contributed by atoms with E-state index in [9.17, 15) is 9.90 Å². The first-order chi connectivity index (χ1) is 14.5. The lowest BCUT2D eigenvalue weighted by Gasteiger charge is -2.50. The number of hydrogen-bond donors (Lipinski definition) is 1. The number of aryl methyl sites for hydroxylation is 1. The monoisotopic (exact) mass is 393 g/mol. The number of nitrogens with zero attached hydrogens (tertiary/aromatic N) is 1. The Morgan fingerprint density at radius 3 is 2.23 bits per heavy atom. The Morgan fingerprint density at radius 2 is 1.57 bits per heavy atom. The first kappa shape index (κ1) is 18.7. The summed E-state index contributed by atoms with van der Waals surface area (Å²) in [6, 6.07) is 27.9. The van der Waals surface area contributed by atoms with Crippen molar-refractivity contribution in [2.45, 2.75) is 30.8 Å². The number of pyridine rings is 1. The molecule has 1 aliphatic rings. The SMILES string of the molecule is Cc1ccc2c(C3(C=O)CC(O)(c4ccccc4)C3)nc(-c3ccccc3)cc2c1. The Balaban J connectivity index is 1.67. The molecule has 0 spiro atoms. The quantitative estimate of drug-likeness (QED) is 0.477. The van der Waals surface area contributed by atoms with Gasteiger partial charge in [-0.05, 0) is 36.8 Å². The lowest BCUT2D eigenvalue weighted by Crippen LogP contribution is -2.54. The molecule has 3 heteroatoms. The van der Waals surface area contributed by atoms with E-state index in [4.69, 9.17) is 4.98 Å². The molecule has 0 amide bonds. The van der Waals surface area contributed by atoms with Gasteiger partial charge in [0.15, 0.2) is 0 Å². The molecule has 0 bridgehead atoms. The summed E-state index contributed by atoms with van der Waals surface area (Å²) in [7, 11) is 0. The molecular weight excluding hydrogens is 370 g/mol. The molecule has 148 valence electrons. The van der Waals surface area contributed by atoms with Gasteiger partial charge in [-0.25, -0.2) is 0 Å². The third-order valence-corrected chi connectivity index (χ3v) is 6.28. The van der Waals surface area contributed by atoms with E-state index in [0.717, 1.165) is 45.1 Å². The van der Waals surface area contributed by atoms with Crippen molar-refractivity contribution in [2.24, 2.45) is 0 Å². The molecule has 5 rings (SSSR count). The largest absolute Gasteiger partial charge is 0.385 e. The lowest BCUT2D eigenvalue weighted by atomic mass is 9.55. The van der Waals surface area contributed by atoms with Crippen LogP contribution in [0.5, 0.6) is 0 Å². The van der Waals surface area contributed by atoms with Gasteiger partial charge in [0.1, 0.15) is 6.29 Å². The molecule has 4 aromatic rings. The number of rotatable bonds is 4. The molecule has 0 saturated heterocycles. The molecule has 1 aromatic heterocycles. The van der Waals surface area contributed by atoms with Crippen molar-refractivity contribution in [3.05, 3.63) is 102 Å². The molecule has 0 radical (unpaired) electrons. The molecule has 0 aliphatic heterocycles.